The highest BCUT2D eigenvalue weighted by atomic mass is 32.2. The van der Waals surface area contributed by atoms with Crippen molar-refractivity contribution >= 4 is 23.4 Å². The van der Waals surface area contributed by atoms with Gasteiger partial charge in [0, 0.05) is 17.4 Å². The van der Waals surface area contributed by atoms with Crippen LogP contribution in [0, 0.1) is 0 Å². The summed E-state index contributed by atoms with van der Waals surface area (Å²) in [6, 6.07) is 7.81. The van der Waals surface area contributed by atoms with Gasteiger partial charge in [-0.2, -0.15) is 0 Å². The number of carbonyl (C=O) groups is 1. The van der Waals surface area contributed by atoms with Crippen LogP contribution in [-0.2, 0) is 11.2 Å². The van der Waals surface area contributed by atoms with Crippen LogP contribution in [0.5, 0.6) is 5.75 Å². The molecule has 1 aromatic carbocycles. The fraction of sp³-hybridized carbons (Fsp3) is 0.389. The summed E-state index contributed by atoms with van der Waals surface area (Å²) in [7, 11) is 0. The van der Waals surface area contributed by atoms with Crippen molar-refractivity contribution in [2.75, 3.05) is 5.32 Å². The van der Waals surface area contributed by atoms with E-state index < -0.39 is 0 Å². The molecule has 0 saturated heterocycles. The van der Waals surface area contributed by atoms with Crippen LogP contribution in [-0.4, -0.2) is 26.2 Å². The van der Waals surface area contributed by atoms with Crippen molar-refractivity contribution in [3.05, 3.63) is 46.4 Å². The van der Waals surface area contributed by atoms with E-state index in [0.29, 0.717) is 17.3 Å². The van der Waals surface area contributed by atoms with E-state index in [0.717, 1.165) is 25.0 Å². The minimum Gasteiger partial charge on any atom is -0.508 e. The van der Waals surface area contributed by atoms with Crippen molar-refractivity contribution in [3.8, 4) is 5.75 Å². The molecule has 134 valence electrons. The topological polar surface area (TPSA) is 95.1 Å². The predicted molar refractivity (Wildman–Crippen MR) is 100 cm³/mol. The van der Waals surface area contributed by atoms with Crippen LogP contribution in [0.25, 0.3) is 0 Å². The number of H-pyrrole nitrogens is 1. The zero-order valence-electron chi connectivity index (χ0n) is 14.4. The average Bonchev–Trinajstić information content (AvgIpc) is 2.59. The third-order valence-corrected chi connectivity index (χ3v) is 4.86. The van der Waals surface area contributed by atoms with Gasteiger partial charge in [-0.1, -0.05) is 32.0 Å². The van der Waals surface area contributed by atoms with E-state index in [1.807, 2.05) is 6.92 Å². The molecule has 1 atom stereocenters. The molecule has 0 fully saturated rings. The molecule has 1 unspecified atom stereocenters. The molecule has 0 aliphatic rings. The molecule has 0 saturated carbocycles. The fourth-order valence-electron chi connectivity index (χ4n) is 2.25. The Morgan fingerprint density at radius 3 is 2.68 bits per heavy atom. The Hall–Kier alpha value is -2.28. The van der Waals surface area contributed by atoms with Crippen molar-refractivity contribution in [1.29, 1.82) is 0 Å². The van der Waals surface area contributed by atoms with Crippen molar-refractivity contribution in [1.82, 2.24) is 9.97 Å². The van der Waals surface area contributed by atoms with Crippen LogP contribution in [0.3, 0.4) is 0 Å². The number of nitrogens with zero attached hydrogens (tertiary/aromatic N) is 1. The van der Waals surface area contributed by atoms with E-state index in [1.54, 1.807) is 12.1 Å². The van der Waals surface area contributed by atoms with Gasteiger partial charge in [0.25, 0.3) is 5.56 Å². The van der Waals surface area contributed by atoms with Crippen LogP contribution in [0.2, 0.25) is 0 Å². The fourth-order valence-corrected chi connectivity index (χ4v) is 3.18. The summed E-state index contributed by atoms with van der Waals surface area (Å²) in [5.74, 6) is -0.0233. The van der Waals surface area contributed by atoms with Gasteiger partial charge in [0.05, 0.1) is 5.25 Å². The first-order valence-corrected chi connectivity index (χ1v) is 9.26. The summed E-state index contributed by atoms with van der Waals surface area (Å²) in [5, 5.41) is 12.2. The van der Waals surface area contributed by atoms with Crippen molar-refractivity contribution in [3.63, 3.8) is 0 Å². The van der Waals surface area contributed by atoms with Gasteiger partial charge >= 0.3 is 0 Å². The van der Waals surface area contributed by atoms with Crippen LogP contribution >= 0.6 is 11.8 Å². The molecule has 7 heteroatoms. The number of benzene rings is 1. The number of aromatic amines is 1. The molecule has 2 aromatic rings. The standard InChI is InChI=1S/C18H23N3O3S/c1-3-5-6-13-11-16(23)21-18(20-13)25-15(4-2)17(24)19-12-7-9-14(22)10-8-12/h7-11,15,22H,3-6H2,1-2H3,(H,19,24)(H,20,21,23). The maximum Gasteiger partial charge on any atom is 0.251 e. The second kappa shape index (κ2) is 9.27. The number of amides is 1. The number of phenolic OH excluding ortho intramolecular Hbond substituents is 1. The van der Waals surface area contributed by atoms with E-state index in [9.17, 15) is 14.7 Å². The van der Waals surface area contributed by atoms with E-state index >= 15 is 0 Å². The number of phenols is 1. The number of aromatic nitrogens is 2. The summed E-state index contributed by atoms with van der Waals surface area (Å²) in [6.45, 7) is 4.00. The Bertz CT molecular complexity index is 759. The Morgan fingerprint density at radius 1 is 1.32 bits per heavy atom. The van der Waals surface area contributed by atoms with Crippen LogP contribution in [0.15, 0.2) is 40.3 Å². The molecule has 1 aromatic heterocycles. The number of aryl methyl sites for hydroxylation is 1. The zero-order chi connectivity index (χ0) is 18.2. The maximum absolute atomic E-state index is 12.5. The molecule has 3 N–H and O–H groups in total. The molecule has 1 heterocycles. The van der Waals surface area contributed by atoms with E-state index in [-0.39, 0.29) is 22.5 Å². The van der Waals surface area contributed by atoms with Gasteiger partial charge in [-0.3, -0.25) is 9.59 Å². The number of hydrogen-bond donors (Lipinski definition) is 3. The van der Waals surface area contributed by atoms with Gasteiger partial charge in [-0.25, -0.2) is 4.98 Å². The van der Waals surface area contributed by atoms with Gasteiger partial charge in [0.1, 0.15) is 5.75 Å². The summed E-state index contributed by atoms with van der Waals surface area (Å²) in [6.07, 6.45) is 3.35. The van der Waals surface area contributed by atoms with Crippen molar-refractivity contribution in [2.45, 2.75) is 49.9 Å². The Kier molecular flexibility index (Phi) is 7.06. The van der Waals surface area contributed by atoms with E-state index in [4.69, 9.17) is 0 Å². The summed E-state index contributed by atoms with van der Waals surface area (Å²) >= 11 is 1.25. The minimum atomic E-state index is -0.377. The number of nitrogens with one attached hydrogen (secondary N) is 2. The molecule has 0 aliphatic heterocycles. The van der Waals surface area contributed by atoms with Crippen LogP contribution in [0.4, 0.5) is 5.69 Å². The molecule has 2 rings (SSSR count). The molecule has 6 nitrogen and oxygen atoms in total. The monoisotopic (exact) mass is 361 g/mol. The average molecular weight is 361 g/mol. The largest absolute Gasteiger partial charge is 0.508 e. The Labute approximate surface area is 151 Å². The number of aromatic hydroxyl groups is 1. The molecule has 0 spiro atoms. The number of anilines is 1. The number of thioether (sulfide) groups is 1. The van der Waals surface area contributed by atoms with Crippen molar-refractivity contribution in [2.24, 2.45) is 0 Å². The second-order valence-corrected chi connectivity index (χ2v) is 6.89. The van der Waals surface area contributed by atoms with Crippen molar-refractivity contribution < 1.29 is 9.90 Å². The first-order chi connectivity index (χ1) is 12.0. The highest BCUT2D eigenvalue weighted by Gasteiger charge is 2.19. The molecular weight excluding hydrogens is 338 g/mol. The lowest BCUT2D eigenvalue weighted by Gasteiger charge is -2.14. The highest BCUT2D eigenvalue weighted by Crippen LogP contribution is 2.23. The first-order valence-electron chi connectivity index (χ1n) is 8.38. The third kappa shape index (κ3) is 5.94. The van der Waals surface area contributed by atoms with Gasteiger partial charge in [-0.15, -0.1) is 0 Å². The summed E-state index contributed by atoms with van der Waals surface area (Å²) < 4.78 is 0. The minimum absolute atomic E-state index is 0.144. The quantitative estimate of drug-likeness (QED) is 0.381. The highest BCUT2D eigenvalue weighted by molar-refractivity contribution is 8.00. The molecule has 1 amide bonds. The normalized spacial score (nSPS) is 11.9. The smallest absolute Gasteiger partial charge is 0.251 e. The molecule has 0 radical (unpaired) electrons. The van der Waals surface area contributed by atoms with Crippen LogP contribution in [0.1, 0.15) is 38.8 Å². The first kappa shape index (κ1) is 19.1. The lowest BCUT2D eigenvalue weighted by Crippen LogP contribution is -2.25. The lowest BCUT2D eigenvalue weighted by molar-refractivity contribution is -0.115. The number of carbonyl (C=O) groups excluding carboxylic acids is 1. The zero-order valence-corrected chi connectivity index (χ0v) is 15.2. The molecule has 0 aliphatic carbocycles. The van der Waals surface area contributed by atoms with Gasteiger partial charge in [0.2, 0.25) is 5.91 Å². The lowest BCUT2D eigenvalue weighted by atomic mass is 10.2. The third-order valence-electron chi connectivity index (χ3n) is 3.61. The van der Waals surface area contributed by atoms with Crippen LogP contribution < -0.4 is 10.9 Å². The van der Waals surface area contributed by atoms with E-state index in [2.05, 4.69) is 22.2 Å². The SMILES string of the molecule is CCCCc1cc(=O)[nH]c(SC(CC)C(=O)Nc2ccc(O)cc2)n1. The Morgan fingerprint density at radius 2 is 2.04 bits per heavy atom. The summed E-state index contributed by atoms with van der Waals surface area (Å²) in [5.41, 5.74) is 1.17. The van der Waals surface area contributed by atoms with Gasteiger partial charge in [0.15, 0.2) is 5.16 Å². The molecule has 25 heavy (non-hydrogen) atoms. The number of unbranched alkanes of at least 4 members (excludes halogenated alkanes) is 1. The maximum atomic E-state index is 12.5. The van der Waals surface area contributed by atoms with Gasteiger partial charge < -0.3 is 15.4 Å². The van der Waals surface area contributed by atoms with Gasteiger partial charge in [-0.05, 0) is 43.5 Å². The second-order valence-electron chi connectivity index (χ2n) is 5.70. The van der Waals surface area contributed by atoms with E-state index in [1.165, 1.54) is 30.0 Å². The number of hydrogen-bond acceptors (Lipinski definition) is 5. The molecular formula is C18H23N3O3S. The summed E-state index contributed by atoms with van der Waals surface area (Å²) in [4.78, 5) is 31.4. The Balaban J connectivity index is 2.07. The molecule has 0 bridgehead atoms. The predicted octanol–water partition coefficient (Wildman–Crippen LogP) is 3.33. The number of rotatable bonds is 8.